The van der Waals surface area contributed by atoms with E-state index in [1.807, 2.05) is 30.3 Å². The van der Waals surface area contributed by atoms with E-state index in [1.54, 1.807) is 16.7 Å². The molecule has 248 valence electrons. The van der Waals surface area contributed by atoms with Gasteiger partial charge in [-0.3, -0.25) is 0 Å². The van der Waals surface area contributed by atoms with Crippen LogP contribution in [0.15, 0.2) is 97.1 Å². The SMILES string of the molecule is PCC1C2CC3CC(C2)CC1(c1c(C(P)(C2CCNC2)C2CCNC2)cc(-c2ccccc2)[c-]1-c1ccccc1)C3.[Fe+2].c1cc[cH-]c1. The topological polar surface area (TPSA) is 24.1 Å². The molecule has 4 aromatic rings. The number of hydrogen-bond acceptors (Lipinski definition) is 2. The van der Waals surface area contributed by atoms with Crippen LogP contribution in [0, 0.1) is 35.5 Å². The second-order valence-corrected chi connectivity index (χ2v) is 16.8. The summed E-state index contributed by atoms with van der Waals surface area (Å²) in [4.78, 5) is 0. The van der Waals surface area contributed by atoms with Gasteiger partial charge in [-0.25, -0.2) is 12.1 Å². The molecule has 4 saturated carbocycles. The van der Waals surface area contributed by atoms with E-state index in [2.05, 4.69) is 95.8 Å². The maximum atomic E-state index is 3.79. The Kier molecular flexibility index (Phi) is 10.4. The van der Waals surface area contributed by atoms with Crippen molar-refractivity contribution >= 4 is 18.5 Å². The standard InChI is InChI=1S/C37H47N2P2.C5H5.Fe/c40-23-33-28-16-24-15-25(17-28)20-36(33,19-24)35-32(37(41,29-11-13-38-21-29)30-12-14-39-22-30)18-31(26-7-3-1-4-8-26)34(35)27-9-5-2-6-10-27;1-2-4-5-3-1;/h1-10,18,24-25,28-30,33,38-39H,11-17,19-23,40-41H2;1-5H;/q2*-1;+2. The Balaban J connectivity index is 0.000000538. The van der Waals surface area contributed by atoms with E-state index in [0.717, 1.165) is 49.9 Å². The molecule has 0 radical (unpaired) electrons. The van der Waals surface area contributed by atoms with Crippen molar-refractivity contribution in [2.24, 2.45) is 35.5 Å². The van der Waals surface area contributed by atoms with Crippen LogP contribution >= 0.6 is 18.5 Å². The van der Waals surface area contributed by atoms with E-state index in [1.165, 1.54) is 67.8 Å². The summed E-state index contributed by atoms with van der Waals surface area (Å²) >= 11 is 0. The smallest absolute Gasteiger partial charge is 0.316 e. The molecule has 2 saturated heterocycles. The van der Waals surface area contributed by atoms with E-state index in [-0.39, 0.29) is 27.6 Å². The molecule has 4 aliphatic carbocycles. The fourth-order valence-electron chi connectivity index (χ4n) is 11.3. The van der Waals surface area contributed by atoms with Crippen LogP contribution in [-0.2, 0) is 27.6 Å². The quantitative estimate of drug-likeness (QED) is 0.114. The van der Waals surface area contributed by atoms with Gasteiger partial charge in [-0.05, 0) is 123 Å². The van der Waals surface area contributed by atoms with Gasteiger partial charge < -0.3 is 10.6 Å². The van der Waals surface area contributed by atoms with Gasteiger partial charge in [0, 0.05) is 0 Å². The molecule has 2 heterocycles. The van der Waals surface area contributed by atoms with Crippen LogP contribution in [0.1, 0.15) is 56.1 Å². The van der Waals surface area contributed by atoms with Gasteiger partial charge >= 0.3 is 17.1 Å². The van der Waals surface area contributed by atoms with Crippen LogP contribution < -0.4 is 10.6 Å². The van der Waals surface area contributed by atoms with E-state index < -0.39 is 0 Å². The molecule has 2 N–H and O–H groups in total. The van der Waals surface area contributed by atoms with Gasteiger partial charge in [0.2, 0.25) is 0 Å². The summed E-state index contributed by atoms with van der Waals surface area (Å²) in [6, 6.07) is 35.6. The van der Waals surface area contributed by atoms with Gasteiger partial charge in [0.05, 0.1) is 0 Å². The molecule has 47 heavy (non-hydrogen) atoms. The van der Waals surface area contributed by atoms with E-state index >= 15 is 0 Å². The molecule has 0 spiro atoms. The first kappa shape index (κ1) is 33.9. The number of hydrogen-bond donors (Lipinski definition) is 2. The third kappa shape index (κ3) is 6.01. The third-order valence-electron chi connectivity index (χ3n) is 13.0. The molecule has 2 aliphatic heterocycles. The third-order valence-corrected chi connectivity index (χ3v) is 14.8. The summed E-state index contributed by atoms with van der Waals surface area (Å²) in [5, 5.41) is 7.66. The van der Waals surface area contributed by atoms with Crippen molar-refractivity contribution in [3.8, 4) is 22.3 Å². The fraction of sp³-hybridized carbons (Fsp3) is 0.476. The Morgan fingerprint density at radius 1 is 0.809 bits per heavy atom. The molecule has 7 atom stereocenters. The zero-order valence-corrected chi connectivity index (χ0v) is 31.1. The Labute approximate surface area is 298 Å². The second-order valence-electron chi connectivity index (χ2n) is 15.3. The van der Waals surface area contributed by atoms with Crippen LogP contribution in [0.3, 0.4) is 0 Å². The predicted molar refractivity (Wildman–Crippen MR) is 202 cm³/mol. The van der Waals surface area contributed by atoms with Crippen molar-refractivity contribution < 1.29 is 17.1 Å². The van der Waals surface area contributed by atoms with Gasteiger partial charge in [-0.2, -0.15) is 18.2 Å². The van der Waals surface area contributed by atoms with Crippen molar-refractivity contribution in [3.63, 3.8) is 0 Å². The van der Waals surface area contributed by atoms with Gasteiger partial charge in [0.25, 0.3) is 0 Å². The Hall–Kier alpha value is -1.56. The number of nitrogens with one attached hydrogen (secondary N) is 2. The van der Waals surface area contributed by atoms with Crippen LogP contribution in [0.5, 0.6) is 0 Å². The monoisotopic (exact) mass is 702 g/mol. The van der Waals surface area contributed by atoms with Crippen LogP contribution in [0.2, 0.25) is 0 Å². The number of benzene rings is 2. The van der Waals surface area contributed by atoms with Crippen molar-refractivity contribution in [3.05, 3.63) is 108 Å². The zero-order chi connectivity index (χ0) is 31.1. The van der Waals surface area contributed by atoms with Gasteiger partial charge in [-0.1, -0.05) is 70.8 Å². The summed E-state index contributed by atoms with van der Waals surface area (Å²) in [5.74, 6) is 4.78. The number of rotatable bonds is 7. The maximum absolute atomic E-state index is 3.79. The summed E-state index contributed by atoms with van der Waals surface area (Å²) in [6.07, 6.45) is 11.0. The summed E-state index contributed by atoms with van der Waals surface area (Å²) in [5.41, 5.74) is 9.62. The first-order chi connectivity index (χ1) is 22.6. The fourth-order valence-corrected chi connectivity index (χ4v) is 13.0. The molecule has 0 aromatic heterocycles. The maximum Gasteiger partial charge on any atom is 2.00 e. The molecule has 10 rings (SSSR count). The van der Waals surface area contributed by atoms with E-state index in [0.29, 0.717) is 11.8 Å². The first-order valence-corrected chi connectivity index (χ1v) is 19.5. The molecule has 2 nitrogen and oxygen atoms in total. The van der Waals surface area contributed by atoms with E-state index in [9.17, 15) is 0 Å². The zero-order valence-electron chi connectivity index (χ0n) is 27.7. The summed E-state index contributed by atoms with van der Waals surface area (Å²) in [7, 11) is 6.85. The molecule has 5 heteroatoms. The first-order valence-electron chi connectivity index (χ1n) is 18.1. The summed E-state index contributed by atoms with van der Waals surface area (Å²) in [6.45, 7) is 4.58. The normalized spacial score (nSPS) is 32.0. The molecule has 7 unspecified atom stereocenters. The van der Waals surface area contributed by atoms with Gasteiger partial charge in [0.1, 0.15) is 0 Å². The van der Waals surface area contributed by atoms with Crippen LogP contribution in [0.4, 0.5) is 0 Å². The molecule has 4 bridgehead atoms. The molecular formula is C42H52FeN2P2. The van der Waals surface area contributed by atoms with Gasteiger partial charge in [-0.15, -0.1) is 47.8 Å². The average Bonchev–Trinajstić information content (AvgIpc) is 3.93. The minimum absolute atomic E-state index is 0. The Morgan fingerprint density at radius 3 is 1.91 bits per heavy atom. The minimum atomic E-state index is 0. The molecular weight excluding hydrogens is 650 g/mol. The molecule has 6 aliphatic rings. The Morgan fingerprint density at radius 2 is 1.40 bits per heavy atom. The average molecular weight is 703 g/mol. The van der Waals surface area contributed by atoms with Crippen molar-refractivity contribution in [2.75, 3.05) is 32.3 Å². The second kappa shape index (κ2) is 14.4. The summed E-state index contributed by atoms with van der Waals surface area (Å²) < 4.78 is 0. The predicted octanol–water partition coefficient (Wildman–Crippen LogP) is 9.00. The largest absolute Gasteiger partial charge is 2.00 e. The van der Waals surface area contributed by atoms with Crippen molar-refractivity contribution in [1.82, 2.24) is 10.6 Å². The minimum Gasteiger partial charge on any atom is -0.316 e. The van der Waals surface area contributed by atoms with E-state index in [4.69, 9.17) is 0 Å². The molecule has 6 fully saturated rings. The Bertz CT molecular complexity index is 1520. The molecule has 0 amide bonds. The molecule has 4 aromatic carbocycles. The van der Waals surface area contributed by atoms with Crippen molar-refractivity contribution in [2.45, 2.75) is 55.5 Å². The van der Waals surface area contributed by atoms with Gasteiger partial charge in [0.15, 0.2) is 0 Å². The van der Waals surface area contributed by atoms with Crippen LogP contribution in [-0.4, -0.2) is 32.3 Å². The van der Waals surface area contributed by atoms with Crippen molar-refractivity contribution in [1.29, 1.82) is 0 Å². The van der Waals surface area contributed by atoms with Crippen LogP contribution in [0.25, 0.3) is 22.3 Å².